The zero-order valence-electron chi connectivity index (χ0n) is 11.4. The largest absolute Gasteiger partial charge is 0.478 e. The number of carbonyl (C=O) groups is 2. The molecule has 6 nitrogen and oxygen atoms in total. The average molecular weight is 270 g/mol. The normalized spacial score (nSPS) is 14.8. The summed E-state index contributed by atoms with van der Waals surface area (Å²) in [6, 6.07) is 0. The van der Waals surface area contributed by atoms with Crippen molar-refractivity contribution in [1.82, 2.24) is 10.2 Å². The van der Waals surface area contributed by atoms with Gasteiger partial charge in [-0.15, -0.1) is 0 Å². The number of carboxylic acid groups (broad SMARTS) is 1. The topological polar surface area (TPSA) is 78.9 Å². The van der Waals surface area contributed by atoms with Gasteiger partial charge in [0, 0.05) is 44.4 Å². The molecule has 0 aromatic rings. The summed E-state index contributed by atoms with van der Waals surface area (Å²) in [7, 11) is 0. The molecule has 0 saturated carbocycles. The lowest BCUT2D eigenvalue weighted by atomic mass is 10.3. The molecule has 0 aromatic carbocycles. The Labute approximate surface area is 113 Å². The van der Waals surface area contributed by atoms with Crippen molar-refractivity contribution in [3.8, 4) is 0 Å². The van der Waals surface area contributed by atoms with E-state index in [1.807, 2.05) is 0 Å². The Kier molecular flexibility index (Phi) is 9.38. The maximum absolute atomic E-state index is 11.0. The molecule has 0 spiro atoms. The van der Waals surface area contributed by atoms with Crippen LogP contribution >= 0.6 is 0 Å². The smallest absolute Gasteiger partial charge is 0.333 e. The predicted molar refractivity (Wildman–Crippen MR) is 72.9 cm³/mol. The SMILES string of the molecule is C=C(C)C(=O)OCCN1CCNCC1.C=CC(=O)O. The van der Waals surface area contributed by atoms with Crippen molar-refractivity contribution in [3.05, 3.63) is 24.8 Å². The Hall–Kier alpha value is -1.66. The van der Waals surface area contributed by atoms with Gasteiger partial charge in [0.25, 0.3) is 0 Å². The second kappa shape index (κ2) is 10.3. The van der Waals surface area contributed by atoms with E-state index < -0.39 is 5.97 Å². The van der Waals surface area contributed by atoms with Gasteiger partial charge in [0.15, 0.2) is 0 Å². The number of piperazine rings is 1. The standard InChI is InChI=1S/C10H18N2O2.C3H4O2/c1-9(2)10(13)14-8-7-12-5-3-11-4-6-12;1-2-3(4)5/h11H,1,3-8H2,2H3;2H,1H2,(H,4,5). The number of aliphatic carboxylic acids is 1. The highest BCUT2D eigenvalue weighted by atomic mass is 16.5. The van der Waals surface area contributed by atoms with Crippen LogP contribution in [-0.4, -0.2) is 61.3 Å². The molecule has 19 heavy (non-hydrogen) atoms. The van der Waals surface area contributed by atoms with E-state index in [1.54, 1.807) is 6.92 Å². The summed E-state index contributed by atoms with van der Waals surface area (Å²) in [5, 5.41) is 10.9. The van der Waals surface area contributed by atoms with Gasteiger partial charge in [-0.1, -0.05) is 13.2 Å². The third-order valence-corrected chi connectivity index (χ3v) is 2.37. The number of nitrogens with one attached hydrogen (secondary N) is 1. The Balaban J connectivity index is 0.000000555. The minimum absolute atomic E-state index is 0.292. The molecule has 0 amide bonds. The fourth-order valence-corrected chi connectivity index (χ4v) is 1.33. The van der Waals surface area contributed by atoms with Crippen molar-refractivity contribution in [2.24, 2.45) is 0 Å². The van der Waals surface area contributed by atoms with E-state index in [1.165, 1.54) is 0 Å². The lowest BCUT2D eigenvalue weighted by Crippen LogP contribution is -2.44. The highest BCUT2D eigenvalue weighted by Gasteiger charge is 2.10. The molecule has 0 bridgehead atoms. The fourth-order valence-electron chi connectivity index (χ4n) is 1.33. The van der Waals surface area contributed by atoms with Crippen molar-refractivity contribution < 1.29 is 19.4 Å². The van der Waals surface area contributed by atoms with E-state index in [-0.39, 0.29) is 5.97 Å². The molecule has 1 aliphatic rings. The molecule has 2 N–H and O–H groups in total. The van der Waals surface area contributed by atoms with Crippen LogP contribution in [0.5, 0.6) is 0 Å². The highest BCUT2D eigenvalue weighted by Crippen LogP contribution is 1.95. The minimum Gasteiger partial charge on any atom is -0.478 e. The van der Waals surface area contributed by atoms with Crippen LogP contribution in [0.15, 0.2) is 24.8 Å². The van der Waals surface area contributed by atoms with Gasteiger partial charge >= 0.3 is 11.9 Å². The number of hydrogen-bond acceptors (Lipinski definition) is 5. The average Bonchev–Trinajstić information content (AvgIpc) is 2.40. The molecular formula is C13H22N2O4. The van der Waals surface area contributed by atoms with Crippen molar-refractivity contribution in [2.75, 3.05) is 39.3 Å². The minimum atomic E-state index is -0.981. The van der Waals surface area contributed by atoms with Crippen molar-refractivity contribution >= 4 is 11.9 Å². The number of ether oxygens (including phenoxy) is 1. The number of esters is 1. The van der Waals surface area contributed by atoms with Gasteiger partial charge in [-0.25, -0.2) is 9.59 Å². The fraction of sp³-hybridized carbons (Fsp3) is 0.538. The lowest BCUT2D eigenvalue weighted by molar-refractivity contribution is -0.139. The van der Waals surface area contributed by atoms with Crippen LogP contribution in [0.25, 0.3) is 0 Å². The Morgan fingerprint density at radius 3 is 2.37 bits per heavy atom. The molecule has 0 atom stereocenters. The van der Waals surface area contributed by atoms with E-state index in [2.05, 4.69) is 23.4 Å². The third kappa shape index (κ3) is 9.99. The first-order valence-corrected chi connectivity index (χ1v) is 6.08. The van der Waals surface area contributed by atoms with Gasteiger partial charge in [-0.05, 0) is 6.92 Å². The van der Waals surface area contributed by atoms with Crippen LogP contribution < -0.4 is 5.32 Å². The molecule has 6 heteroatoms. The third-order valence-electron chi connectivity index (χ3n) is 2.37. The number of nitrogens with zero attached hydrogens (tertiary/aromatic N) is 1. The Bertz CT molecular complexity index is 323. The van der Waals surface area contributed by atoms with Gasteiger partial charge in [-0.2, -0.15) is 0 Å². The molecule has 0 aromatic heterocycles. The summed E-state index contributed by atoms with van der Waals surface area (Å²) >= 11 is 0. The van der Waals surface area contributed by atoms with E-state index >= 15 is 0 Å². The first-order chi connectivity index (χ1) is 8.97. The van der Waals surface area contributed by atoms with Crippen LogP contribution in [0.1, 0.15) is 6.92 Å². The van der Waals surface area contributed by atoms with Gasteiger partial charge in [-0.3, -0.25) is 4.90 Å². The van der Waals surface area contributed by atoms with Gasteiger partial charge < -0.3 is 15.2 Å². The van der Waals surface area contributed by atoms with E-state index in [9.17, 15) is 9.59 Å². The molecule has 0 radical (unpaired) electrons. The van der Waals surface area contributed by atoms with Gasteiger partial charge in [0.05, 0.1) is 0 Å². The molecule has 0 aliphatic carbocycles. The summed E-state index contributed by atoms with van der Waals surface area (Å²) in [6.07, 6.45) is 0.833. The summed E-state index contributed by atoms with van der Waals surface area (Å²) in [5.41, 5.74) is 0.463. The van der Waals surface area contributed by atoms with Gasteiger partial charge in [0.2, 0.25) is 0 Å². The first kappa shape index (κ1) is 17.3. The number of rotatable bonds is 5. The molecule has 1 saturated heterocycles. The molecule has 0 unspecified atom stereocenters. The van der Waals surface area contributed by atoms with E-state index in [0.29, 0.717) is 12.2 Å². The van der Waals surface area contributed by atoms with Crippen molar-refractivity contribution in [1.29, 1.82) is 0 Å². The van der Waals surface area contributed by atoms with Crippen LogP contribution in [0, 0.1) is 0 Å². The summed E-state index contributed by atoms with van der Waals surface area (Å²) in [4.78, 5) is 22.6. The maximum atomic E-state index is 11.0. The molecule has 1 heterocycles. The molecule has 1 rings (SSSR count). The van der Waals surface area contributed by atoms with Gasteiger partial charge in [0.1, 0.15) is 6.61 Å². The zero-order chi connectivity index (χ0) is 14.7. The van der Waals surface area contributed by atoms with E-state index in [4.69, 9.17) is 9.84 Å². The summed E-state index contributed by atoms with van der Waals surface area (Å²) in [6.45, 7) is 13.5. The molecule has 1 aliphatic heterocycles. The van der Waals surface area contributed by atoms with Crippen LogP contribution in [0.2, 0.25) is 0 Å². The monoisotopic (exact) mass is 270 g/mol. The number of carbonyl (C=O) groups excluding carboxylic acids is 1. The zero-order valence-corrected chi connectivity index (χ0v) is 11.4. The Morgan fingerprint density at radius 2 is 1.95 bits per heavy atom. The predicted octanol–water partition coefficient (Wildman–Crippen LogP) is 0.268. The van der Waals surface area contributed by atoms with Crippen molar-refractivity contribution in [3.63, 3.8) is 0 Å². The van der Waals surface area contributed by atoms with Crippen LogP contribution in [0.4, 0.5) is 0 Å². The number of hydrogen-bond donors (Lipinski definition) is 2. The second-order valence-corrected chi connectivity index (χ2v) is 4.05. The second-order valence-electron chi connectivity index (χ2n) is 4.05. The number of carboxylic acids is 1. The first-order valence-electron chi connectivity index (χ1n) is 6.08. The molecule has 1 fully saturated rings. The van der Waals surface area contributed by atoms with E-state index in [0.717, 1.165) is 38.8 Å². The highest BCUT2D eigenvalue weighted by molar-refractivity contribution is 5.86. The summed E-state index contributed by atoms with van der Waals surface area (Å²) < 4.78 is 5.01. The molecular weight excluding hydrogens is 248 g/mol. The van der Waals surface area contributed by atoms with Crippen LogP contribution in [0.3, 0.4) is 0 Å². The lowest BCUT2D eigenvalue weighted by Gasteiger charge is -2.26. The summed E-state index contributed by atoms with van der Waals surface area (Å²) in [5.74, 6) is -1.27. The Morgan fingerprint density at radius 1 is 1.42 bits per heavy atom. The van der Waals surface area contributed by atoms with Crippen molar-refractivity contribution in [2.45, 2.75) is 6.92 Å². The molecule has 108 valence electrons. The van der Waals surface area contributed by atoms with Crippen LogP contribution in [-0.2, 0) is 14.3 Å². The maximum Gasteiger partial charge on any atom is 0.333 e. The quantitative estimate of drug-likeness (QED) is 0.551.